The Hall–Kier alpha value is -2.93. The zero-order valence-electron chi connectivity index (χ0n) is 15.0. The number of hydrogen-bond donors (Lipinski definition) is 1. The van der Waals surface area contributed by atoms with E-state index in [2.05, 4.69) is 10.4 Å². The molecule has 138 valence electrons. The van der Waals surface area contributed by atoms with E-state index >= 15 is 0 Å². The molecule has 0 aliphatic carbocycles. The van der Waals surface area contributed by atoms with Crippen molar-refractivity contribution in [2.45, 2.75) is 19.9 Å². The van der Waals surface area contributed by atoms with Crippen LogP contribution >= 0.6 is 11.3 Å². The summed E-state index contributed by atoms with van der Waals surface area (Å²) in [6, 6.07) is 13.7. The summed E-state index contributed by atoms with van der Waals surface area (Å²) >= 11 is 1.60. The number of hydrazone groups is 1. The van der Waals surface area contributed by atoms with Crippen molar-refractivity contribution >= 4 is 39.1 Å². The Bertz CT molecular complexity index is 1020. The number of hydrogen-bond acceptors (Lipinski definition) is 4. The third-order valence-corrected chi connectivity index (χ3v) is 5.35. The van der Waals surface area contributed by atoms with Crippen LogP contribution in [-0.4, -0.2) is 40.2 Å². The van der Waals surface area contributed by atoms with E-state index in [-0.39, 0.29) is 18.4 Å². The maximum Gasteiger partial charge on any atom is 0.291 e. The summed E-state index contributed by atoms with van der Waals surface area (Å²) in [5.41, 5.74) is 3.28. The zero-order chi connectivity index (χ0) is 18.8. The molecule has 0 saturated heterocycles. The standard InChI is InChI=1S/C20H20N4O2S/c1-2-9-21-19(25)13-24-20(26)17-11-18-16(8-10-27-18)23(17)12-15(22-24)14-6-4-3-5-7-14/h3-8,10-11H,2,9,12-13H2,1H3,(H,21,25). The number of aromatic nitrogens is 1. The van der Waals surface area contributed by atoms with Crippen LogP contribution in [0.5, 0.6) is 0 Å². The number of fused-ring (bicyclic) bond motifs is 3. The molecule has 0 saturated carbocycles. The van der Waals surface area contributed by atoms with E-state index in [1.165, 1.54) is 5.01 Å². The largest absolute Gasteiger partial charge is 0.355 e. The minimum absolute atomic E-state index is 0.0893. The Morgan fingerprint density at radius 3 is 2.85 bits per heavy atom. The number of nitrogens with one attached hydrogen (secondary N) is 1. The highest BCUT2D eigenvalue weighted by Gasteiger charge is 2.28. The summed E-state index contributed by atoms with van der Waals surface area (Å²) in [4.78, 5) is 25.3. The van der Waals surface area contributed by atoms with Crippen LogP contribution in [0.3, 0.4) is 0 Å². The molecule has 3 aromatic rings. The third kappa shape index (κ3) is 3.38. The molecule has 0 bridgehead atoms. The first kappa shape index (κ1) is 17.5. The summed E-state index contributed by atoms with van der Waals surface area (Å²) in [6.45, 7) is 2.97. The minimum Gasteiger partial charge on any atom is -0.355 e. The molecular weight excluding hydrogens is 360 g/mol. The number of amides is 2. The SMILES string of the molecule is CCCNC(=O)CN1N=C(c2ccccc2)Cn2c(cc3sccc32)C1=O. The van der Waals surface area contributed by atoms with Gasteiger partial charge in [0.1, 0.15) is 12.2 Å². The molecular formula is C20H20N4O2S. The molecule has 0 atom stereocenters. The van der Waals surface area contributed by atoms with Crippen molar-refractivity contribution in [3.63, 3.8) is 0 Å². The fraction of sp³-hybridized carbons (Fsp3) is 0.250. The summed E-state index contributed by atoms with van der Waals surface area (Å²) in [7, 11) is 0. The molecule has 0 fully saturated rings. The Morgan fingerprint density at radius 2 is 2.07 bits per heavy atom. The number of benzene rings is 1. The van der Waals surface area contributed by atoms with Gasteiger partial charge in [-0.1, -0.05) is 37.3 Å². The van der Waals surface area contributed by atoms with Crippen molar-refractivity contribution in [1.82, 2.24) is 14.9 Å². The van der Waals surface area contributed by atoms with Crippen LogP contribution in [0.2, 0.25) is 0 Å². The monoisotopic (exact) mass is 380 g/mol. The molecule has 6 nitrogen and oxygen atoms in total. The normalized spacial score (nSPS) is 14.0. The van der Waals surface area contributed by atoms with E-state index in [0.29, 0.717) is 18.8 Å². The zero-order valence-corrected chi connectivity index (χ0v) is 15.8. The number of carbonyl (C=O) groups is 2. The van der Waals surface area contributed by atoms with E-state index in [4.69, 9.17) is 0 Å². The first-order chi connectivity index (χ1) is 13.2. The Morgan fingerprint density at radius 1 is 1.26 bits per heavy atom. The first-order valence-electron chi connectivity index (χ1n) is 8.95. The van der Waals surface area contributed by atoms with Crippen LogP contribution in [0.4, 0.5) is 0 Å². The maximum absolute atomic E-state index is 13.1. The molecule has 27 heavy (non-hydrogen) atoms. The van der Waals surface area contributed by atoms with Gasteiger partial charge >= 0.3 is 0 Å². The van der Waals surface area contributed by atoms with Gasteiger partial charge in [0.2, 0.25) is 5.91 Å². The van der Waals surface area contributed by atoms with Gasteiger partial charge in [-0.05, 0) is 29.5 Å². The van der Waals surface area contributed by atoms with Gasteiger partial charge in [-0.3, -0.25) is 9.59 Å². The lowest BCUT2D eigenvalue weighted by atomic mass is 10.1. The van der Waals surface area contributed by atoms with Gasteiger partial charge in [-0.2, -0.15) is 5.10 Å². The van der Waals surface area contributed by atoms with Gasteiger partial charge in [0.15, 0.2) is 0 Å². The lowest BCUT2D eigenvalue weighted by Gasteiger charge is -2.16. The summed E-state index contributed by atoms with van der Waals surface area (Å²) in [5, 5.41) is 10.7. The smallest absolute Gasteiger partial charge is 0.291 e. The molecule has 1 aliphatic rings. The van der Waals surface area contributed by atoms with Crippen molar-refractivity contribution in [3.05, 3.63) is 59.1 Å². The summed E-state index contributed by atoms with van der Waals surface area (Å²) in [6.07, 6.45) is 0.845. The highest BCUT2D eigenvalue weighted by Crippen LogP contribution is 2.28. The molecule has 2 amide bonds. The molecule has 2 aromatic heterocycles. The van der Waals surface area contributed by atoms with Gasteiger partial charge < -0.3 is 9.88 Å². The van der Waals surface area contributed by atoms with Crippen LogP contribution in [0, 0.1) is 0 Å². The highest BCUT2D eigenvalue weighted by atomic mass is 32.1. The average Bonchev–Trinajstić information content (AvgIpc) is 3.24. The van der Waals surface area contributed by atoms with Crippen LogP contribution in [0.25, 0.3) is 10.2 Å². The predicted octanol–water partition coefficient (Wildman–Crippen LogP) is 3.09. The topological polar surface area (TPSA) is 66.7 Å². The van der Waals surface area contributed by atoms with E-state index in [1.807, 2.05) is 59.3 Å². The van der Waals surface area contributed by atoms with Crippen molar-refractivity contribution in [3.8, 4) is 0 Å². The lowest BCUT2D eigenvalue weighted by Crippen LogP contribution is -2.38. The van der Waals surface area contributed by atoms with Gasteiger partial charge in [-0.25, -0.2) is 5.01 Å². The van der Waals surface area contributed by atoms with Crippen LogP contribution < -0.4 is 5.32 Å². The predicted molar refractivity (Wildman–Crippen MR) is 107 cm³/mol. The van der Waals surface area contributed by atoms with Crippen molar-refractivity contribution in [2.75, 3.05) is 13.1 Å². The number of carbonyl (C=O) groups excluding carboxylic acids is 2. The molecule has 0 unspecified atom stereocenters. The Labute approximate surface area is 161 Å². The van der Waals surface area contributed by atoms with Crippen molar-refractivity contribution in [1.29, 1.82) is 0 Å². The number of rotatable bonds is 5. The Kier molecular flexibility index (Phi) is 4.77. The van der Waals surface area contributed by atoms with Crippen LogP contribution in [0.1, 0.15) is 29.4 Å². The molecule has 4 rings (SSSR count). The van der Waals surface area contributed by atoms with Gasteiger partial charge in [-0.15, -0.1) is 11.3 Å². The second kappa shape index (κ2) is 7.36. The molecule has 3 heterocycles. The van der Waals surface area contributed by atoms with E-state index < -0.39 is 0 Å². The second-order valence-corrected chi connectivity index (χ2v) is 7.36. The first-order valence-corrected chi connectivity index (χ1v) is 9.83. The minimum atomic E-state index is -0.254. The van der Waals surface area contributed by atoms with E-state index in [9.17, 15) is 9.59 Å². The van der Waals surface area contributed by atoms with E-state index in [0.717, 1.165) is 27.9 Å². The van der Waals surface area contributed by atoms with Crippen molar-refractivity contribution in [2.24, 2.45) is 5.10 Å². The fourth-order valence-electron chi connectivity index (χ4n) is 3.17. The van der Waals surface area contributed by atoms with E-state index in [1.54, 1.807) is 11.3 Å². The van der Waals surface area contributed by atoms with Gasteiger partial charge in [0.25, 0.3) is 5.91 Å². The molecule has 0 radical (unpaired) electrons. The van der Waals surface area contributed by atoms with Gasteiger partial charge in [0.05, 0.1) is 22.5 Å². The Balaban J connectivity index is 1.76. The lowest BCUT2D eigenvalue weighted by molar-refractivity contribution is -0.121. The maximum atomic E-state index is 13.1. The molecule has 1 N–H and O–H groups in total. The summed E-state index contributed by atoms with van der Waals surface area (Å²) < 4.78 is 3.05. The number of nitrogens with zero attached hydrogens (tertiary/aromatic N) is 3. The average molecular weight is 380 g/mol. The van der Waals surface area contributed by atoms with Crippen LogP contribution in [-0.2, 0) is 11.3 Å². The van der Waals surface area contributed by atoms with Crippen molar-refractivity contribution < 1.29 is 9.59 Å². The molecule has 1 aliphatic heterocycles. The molecule has 0 spiro atoms. The highest BCUT2D eigenvalue weighted by molar-refractivity contribution is 7.17. The van der Waals surface area contributed by atoms with Crippen LogP contribution in [0.15, 0.2) is 52.9 Å². The molecule has 7 heteroatoms. The van der Waals surface area contributed by atoms with Gasteiger partial charge in [0, 0.05) is 6.54 Å². The second-order valence-electron chi connectivity index (χ2n) is 6.41. The summed E-state index contributed by atoms with van der Waals surface area (Å²) in [5.74, 6) is -0.459. The quantitative estimate of drug-likeness (QED) is 0.739. The third-order valence-electron chi connectivity index (χ3n) is 4.50. The molecule has 1 aromatic carbocycles. The number of thiophene rings is 1. The fourth-order valence-corrected chi connectivity index (χ4v) is 3.99.